The SMILES string of the molecule is C/C=c1\c(OC)cc(C(=O)NCC(c2cc(C)c(OCCF)c(-c3ccc(F)cc3)n2)C2CC2)c\c1=C\N(CC)C(F)F.NC=O. The molecule has 1 heterocycles. The number of hydrogen-bond acceptors (Lipinski definition) is 6. The molecule has 1 fully saturated rings. The second-order valence-electron chi connectivity index (χ2n) is 10.6. The number of hydrogen-bond donors (Lipinski definition) is 2. The van der Waals surface area contributed by atoms with Crippen molar-refractivity contribution < 1.29 is 36.6 Å². The Kier molecular flexibility index (Phi) is 13.4. The maximum Gasteiger partial charge on any atom is 0.314 e. The van der Waals surface area contributed by atoms with Crippen LogP contribution in [0.1, 0.15) is 54.2 Å². The fraction of sp³-hybridized carbons (Fsp3) is 0.382. The minimum atomic E-state index is -2.69. The van der Waals surface area contributed by atoms with Gasteiger partial charge < -0.3 is 25.4 Å². The Bertz CT molecular complexity index is 1600. The van der Waals surface area contributed by atoms with Crippen molar-refractivity contribution in [2.75, 3.05) is 33.5 Å². The van der Waals surface area contributed by atoms with Crippen LogP contribution in [0.2, 0.25) is 0 Å². The van der Waals surface area contributed by atoms with Crippen molar-refractivity contribution >= 4 is 24.6 Å². The smallest absolute Gasteiger partial charge is 0.314 e. The molecule has 248 valence electrons. The average Bonchev–Trinajstić information content (AvgIpc) is 3.88. The molecule has 12 heteroatoms. The van der Waals surface area contributed by atoms with Crippen LogP contribution in [-0.2, 0) is 4.79 Å². The molecule has 46 heavy (non-hydrogen) atoms. The first-order valence-electron chi connectivity index (χ1n) is 14.9. The number of benzene rings is 2. The lowest BCUT2D eigenvalue weighted by Gasteiger charge is -2.21. The highest BCUT2D eigenvalue weighted by Gasteiger charge is 2.34. The quantitative estimate of drug-likeness (QED) is 0.159. The zero-order chi connectivity index (χ0) is 33.8. The molecule has 0 spiro atoms. The van der Waals surface area contributed by atoms with Gasteiger partial charge in [0.05, 0.1) is 7.11 Å². The third-order valence-corrected chi connectivity index (χ3v) is 7.54. The molecule has 4 rings (SSSR count). The largest absolute Gasteiger partial charge is 0.496 e. The first-order valence-corrected chi connectivity index (χ1v) is 14.9. The molecule has 1 aliphatic carbocycles. The van der Waals surface area contributed by atoms with E-state index in [-0.39, 0.29) is 49.3 Å². The van der Waals surface area contributed by atoms with Crippen LogP contribution in [0.5, 0.6) is 11.5 Å². The second kappa shape index (κ2) is 17.2. The van der Waals surface area contributed by atoms with Gasteiger partial charge in [0, 0.05) is 52.5 Å². The molecule has 8 nitrogen and oxygen atoms in total. The maximum absolute atomic E-state index is 13.7. The number of methoxy groups -OCH3 is 1. The third kappa shape index (κ3) is 9.21. The number of carbonyl (C=O) groups is 2. The van der Waals surface area contributed by atoms with E-state index < -0.39 is 13.2 Å². The number of alkyl halides is 3. The summed E-state index contributed by atoms with van der Waals surface area (Å²) in [7, 11) is 1.47. The topological polar surface area (TPSA) is 107 Å². The van der Waals surface area contributed by atoms with Crippen LogP contribution >= 0.6 is 0 Å². The zero-order valence-corrected chi connectivity index (χ0v) is 26.4. The summed E-state index contributed by atoms with van der Waals surface area (Å²) < 4.78 is 64.9. The molecule has 1 atom stereocenters. The van der Waals surface area contributed by atoms with Crippen molar-refractivity contribution in [3.8, 4) is 22.8 Å². The van der Waals surface area contributed by atoms with Crippen LogP contribution < -0.4 is 31.0 Å². The van der Waals surface area contributed by atoms with Gasteiger partial charge in [0.25, 0.3) is 5.91 Å². The number of amides is 2. The highest BCUT2D eigenvalue weighted by molar-refractivity contribution is 5.94. The fourth-order valence-corrected chi connectivity index (χ4v) is 5.15. The third-order valence-electron chi connectivity index (χ3n) is 7.54. The van der Waals surface area contributed by atoms with Crippen LogP contribution in [0.25, 0.3) is 23.5 Å². The highest BCUT2D eigenvalue weighted by Crippen LogP contribution is 2.44. The number of halogens is 4. The summed E-state index contributed by atoms with van der Waals surface area (Å²) in [6.07, 6.45) is 5.29. The molecule has 1 aromatic heterocycles. The van der Waals surface area contributed by atoms with E-state index in [9.17, 15) is 22.4 Å². The molecule has 1 unspecified atom stereocenters. The number of aromatic nitrogens is 1. The molecular formula is C34H40F4N4O4. The maximum atomic E-state index is 13.7. The fourth-order valence-electron chi connectivity index (χ4n) is 5.15. The van der Waals surface area contributed by atoms with Gasteiger partial charge in [0.15, 0.2) is 0 Å². The van der Waals surface area contributed by atoms with Gasteiger partial charge in [-0.15, -0.1) is 0 Å². The van der Waals surface area contributed by atoms with Crippen molar-refractivity contribution in [3.63, 3.8) is 0 Å². The number of rotatable bonds is 13. The lowest BCUT2D eigenvalue weighted by Crippen LogP contribution is -2.35. The van der Waals surface area contributed by atoms with Gasteiger partial charge in [-0.1, -0.05) is 6.08 Å². The van der Waals surface area contributed by atoms with E-state index in [1.807, 2.05) is 13.0 Å². The molecule has 1 saturated carbocycles. The summed E-state index contributed by atoms with van der Waals surface area (Å²) in [5.41, 5.74) is 7.05. The van der Waals surface area contributed by atoms with Gasteiger partial charge in [-0.05, 0) is 87.6 Å². The van der Waals surface area contributed by atoms with E-state index in [1.165, 1.54) is 25.4 Å². The lowest BCUT2D eigenvalue weighted by atomic mass is 9.95. The number of carbonyl (C=O) groups excluding carboxylic acids is 2. The summed E-state index contributed by atoms with van der Waals surface area (Å²) in [6, 6.07) is 10.9. The van der Waals surface area contributed by atoms with E-state index in [4.69, 9.17) is 19.3 Å². The molecule has 2 aromatic carbocycles. The van der Waals surface area contributed by atoms with Crippen LogP contribution in [0, 0.1) is 18.7 Å². The van der Waals surface area contributed by atoms with E-state index in [0.717, 1.165) is 29.0 Å². The Morgan fingerprint density at radius 2 is 1.87 bits per heavy atom. The summed E-state index contributed by atoms with van der Waals surface area (Å²) in [4.78, 5) is 27.8. The predicted molar refractivity (Wildman–Crippen MR) is 169 cm³/mol. The Balaban J connectivity index is 0.00000185. The number of primary amides is 1. The molecule has 3 N–H and O–H groups in total. The standard InChI is InChI=1S/C33H37F4N3O3.CH3NO/c1-5-26-24(19-40(6-2)33(36)37)16-23(17-29(26)42-4)32(41)38-18-27(21-7-8-21)28-15-20(3)31(43-14-13-34)30(39-28)22-9-11-25(35)12-10-22;2-1-3/h5,9-12,15-17,19,21,27,33H,6-8,13-14,18H2,1-4H3,(H,38,41);1H,(H2,2,3)/b24-19-,26-5-;. The van der Waals surface area contributed by atoms with Gasteiger partial charge in [-0.25, -0.2) is 13.8 Å². The van der Waals surface area contributed by atoms with Gasteiger partial charge in [-0.2, -0.15) is 8.78 Å². The van der Waals surface area contributed by atoms with Crippen molar-refractivity contribution in [2.24, 2.45) is 11.7 Å². The number of pyridine rings is 1. The average molecular weight is 645 g/mol. The molecule has 0 saturated heterocycles. The Morgan fingerprint density at radius 3 is 2.41 bits per heavy atom. The molecule has 0 radical (unpaired) electrons. The number of nitrogens with zero attached hydrogens (tertiary/aromatic N) is 2. The molecule has 0 bridgehead atoms. The zero-order valence-electron chi connectivity index (χ0n) is 26.4. The van der Waals surface area contributed by atoms with Gasteiger partial charge in [0.1, 0.15) is 36.3 Å². The molecule has 3 aromatic rings. The van der Waals surface area contributed by atoms with E-state index in [0.29, 0.717) is 39.1 Å². The minimum Gasteiger partial charge on any atom is -0.496 e. The van der Waals surface area contributed by atoms with Gasteiger partial charge in [-0.3, -0.25) is 9.59 Å². The first-order chi connectivity index (χ1) is 22.1. The van der Waals surface area contributed by atoms with Crippen LogP contribution in [0.4, 0.5) is 17.6 Å². The number of ether oxygens (including phenoxy) is 2. The number of nitrogens with one attached hydrogen (secondary N) is 1. The van der Waals surface area contributed by atoms with Crippen LogP contribution in [0.3, 0.4) is 0 Å². The van der Waals surface area contributed by atoms with Crippen molar-refractivity contribution in [1.29, 1.82) is 0 Å². The lowest BCUT2D eigenvalue weighted by molar-refractivity contribution is -0.106. The van der Waals surface area contributed by atoms with Crippen LogP contribution in [-0.4, -0.2) is 62.2 Å². The Labute approximate surface area is 265 Å². The van der Waals surface area contributed by atoms with E-state index in [1.54, 1.807) is 44.2 Å². The normalized spacial score (nSPS) is 13.9. The summed E-state index contributed by atoms with van der Waals surface area (Å²) in [5, 5.41) is 4.06. The van der Waals surface area contributed by atoms with Crippen molar-refractivity contribution in [1.82, 2.24) is 15.2 Å². The van der Waals surface area contributed by atoms with E-state index >= 15 is 0 Å². The van der Waals surface area contributed by atoms with Gasteiger partial charge in [0.2, 0.25) is 6.41 Å². The van der Waals surface area contributed by atoms with Crippen LogP contribution in [0.15, 0.2) is 42.5 Å². The summed E-state index contributed by atoms with van der Waals surface area (Å²) >= 11 is 0. The van der Waals surface area contributed by atoms with Crippen molar-refractivity contribution in [3.05, 3.63) is 75.5 Å². The van der Waals surface area contributed by atoms with Crippen molar-refractivity contribution in [2.45, 2.75) is 46.1 Å². The second-order valence-corrected chi connectivity index (χ2v) is 10.6. The minimum absolute atomic E-state index is 0.0898. The Morgan fingerprint density at radius 1 is 1.20 bits per heavy atom. The van der Waals surface area contributed by atoms with E-state index in [2.05, 4.69) is 11.1 Å². The van der Waals surface area contributed by atoms with Gasteiger partial charge >= 0.3 is 6.55 Å². The molecular weight excluding hydrogens is 604 g/mol. The number of aryl methyl sites for hydroxylation is 1. The number of nitrogens with two attached hydrogens (primary N) is 1. The molecule has 2 amide bonds. The summed E-state index contributed by atoms with van der Waals surface area (Å²) in [5.74, 6) is 0.240. The monoisotopic (exact) mass is 644 g/mol. The Hall–Kier alpha value is -4.61. The molecule has 0 aliphatic heterocycles. The molecule has 1 aliphatic rings. The predicted octanol–water partition coefficient (Wildman–Crippen LogP) is 4.66. The highest BCUT2D eigenvalue weighted by atomic mass is 19.3. The summed E-state index contributed by atoms with van der Waals surface area (Å²) in [6.45, 7) is 2.13. The first kappa shape index (κ1) is 35.9.